The maximum Gasteiger partial charge on any atom is 0.222 e. The van der Waals surface area contributed by atoms with Gasteiger partial charge in [0.1, 0.15) is 0 Å². The Morgan fingerprint density at radius 2 is 1.92 bits per heavy atom. The number of carbonyl (C=O) groups is 1. The second-order valence-electron chi connectivity index (χ2n) is 4.94. The number of amides is 1. The molecular formula is C9H18N2O2. The molecule has 1 amide bonds. The SMILES string of the molecule is CC1(C)CC(C(N)=O)C(C)(C)N1O. The zero-order valence-corrected chi connectivity index (χ0v) is 8.66. The third-order valence-corrected chi connectivity index (χ3v) is 3.02. The van der Waals surface area contributed by atoms with Crippen molar-refractivity contribution in [2.24, 2.45) is 11.7 Å². The summed E-state index contributed by atoms with van der Waals surface area (Å²) >= 11 is 0. The number of primary amides is 1. The largest absolute Gasteiger partial charge is 0.369 e. The number of hydrogen-bond acceptors (Lipinski definition) is 3. The number of carbonyl (C=O) groups excluding carboxylic acids is 1. The van der Waals surface area contributed by atoms with Gasteiger partial charge in [-0.25, -0.2) is 0 Å². The van der Waals surface area contributed by atoms with Crippen molar-refractivity contribution in [3.63, 3.8) is 0 Å². The fourth-order valence-corrected chi connectivity index (χ4v) is 2.21. The summed E-state index contributed by atoms with van der Waals surface area (Å²) in [7, 11) is 0. The summed E-state index contributed by atoms with van der Waals surface area (Å²) in [6, 6.07) is 0. The zero-order valence-electron chi connectivity index (χ0n) is 8.66. The molecule has 0 spiro atoms. The maximum atomic E-state index is 11.1. The van der Waals surface area contributed by atoms with E-state index in [2.05, 4.69) is 0 Å². The van der Waals surface area contributed by atoms with Gasteiger partial charge in [-0.15, -0.1) is 0 Å². The van der Waals surface area contributed by atoms with Gasteiger partial charge in [-0.1, -0.05) is 0 Å². The van der Waals surface area contributed by atoms with Gasteiger partial charge in [0.2, 0.25) is 5.91 Å². The van der Waals surface area contributed by atoms with E-state index in [4.69, 9.17) is 5.73 Å². The Labute approximate surface area is 78.7 Å². The van der Waals surface area contributed by atoms with Gasteiger partial charge in [0.15, 0.2) is 0 Å². The van der Waals surface area contributed by atoms with Crippen molar-refractivity contribution in [2.75, 3.05) is 0 Å². The van der Waals surface area contributed by atoms with E-state index in [1.165, 1.54) is 5.06 Å². The van der Waals surface area contributed by atoms with E-state index in [0.717, 1.165) is 0 Å². The molecule has 0 saturated carbocycles. The maximum absolute atomic E-state index is 11.1. The predicted molar refractivity (Wildman–Crippen MR) is 49.1 cm³/mol. The van der Waals surface area contributed by atoms with Gasteiger partial charge in [0, 0.05) is 5.54 Å². The summed E-state index contributed by atoms with van der Waals surface area (Å²) in [5, 5.41) is 11.1. The van der Waals surface area contributed by atoms with Crippen LogP contribution in [0.5, 0.6) is 0 Å². The van der Waals surface area contributed by atoms with E-state index in [1.54, 1.807) is 0 Å². The van der Waals surface area contributed by atoms with E-state index in [-0.39, 0.29) is 17.4 Å². The van der Waals surface area contributed by atoms with Crippen LogP contribution in [0.15, 0.2) is 0 Å². The van der Waals surface area contributed by atoms with Gasteiger partial charge in [0.05, 0.1) is 11.5 Å². The van der Waals surface area contributed by atoms with Gasteiger partial charge in [-0.2, -0.15) is 5.06 Å². The number of nitrogens with zero attached hydrogens (tertiary/aromatic N) is 1. The molecule has 3 N–H and O–H groups in total. The predicted octanol–water partition coefficient (Wildman–Crippen LogP) is 0.740. The fraction of sp³-hybridized carbons (Fsp3) is 0.889. The van der Waals surface area contributed by atoms with Crippen molar-refractivity contribution in [3.05, 3.63) is 0 Å². The minimum Gasteiger partial charge on any atom is -0.369 e. The highest BCUT2D eigenvalue weighted by Crippen LogP contribution is 2.43. The van der Waals surface area contributed by atoms with E-state index in [1.807, 2.05) is 27.7 Å². The molecule has 13 heavy (non-hydrogen) atoms. The molecule has 0 aromatic rings. The van der Waals surface area contributed by atoms with Crippen LogP contribution in [-0.2, 0) is 4.79 Å². The molecule has 4 heteroatoms. The van der Waals surface area contributed by atoms with Crippen LogP contribution in [-0.4, -0.2) is 27.3 Å². The molecule has 1 aliphatic heterocycles. The Balaban J connectivity index is 3.00. The lowest BCUT2D eigenvalue weighted by Crippen LogP contribution is -2.49. The first-order valence-corrected chi connectivity index (χ1v) is 4.48. The van der Waals surface area contributed by atoms with Gasteiger partial charge in [0.25, 0.3) is 0 Å². The van der Waals surface area contributed by atoms with Crippen LogP contribution in [0.25, 0.3) is 0 Å². The van der Waals surface area contributed by atoms with Crippen LogP contribution < -0.4 is 5.73 Å². The molecule has 0 bridgehead atoms. The number of nitrogens with two attached hydrogens (primary N) is 1. The Bertz CT molecular complexity index is 236. The van der Waals surface area contributed by atoms with Crippen molar-refractivity contribution >= 4 is 5.91 Å². The number of rotatable bonds is 1. The molecule has 1 saturated heterocycles. The first-order chi connectivity index (χ1) is 5.69. The van der Waals surface area contributed by atoms with Crippen molar-refractivity contribution in [3.8, 4) is 0 Å². The number of hydrogen-bond donors (Lipinski definition) is 2. The summed E-state index contributed by atoms with van der Waals surface area (Å²) in [5.74, 6) is -0.623. The van der Waals surface area contributed by atoms with Crippen molar-refractivity contribution in [2.45, 2.75) is 45.2 Å². The summed E-state index contributed by atoms with van der Waals surface area (Å²) in [4.78, 5) is 11.1. The molecule has 1 heterocycles. The van der Waals surface area contributed by atoms with Crippen LogP contribution in [0.1, 0.15) is 34.1 Å². The van der Waals surface area contributed by atoms with Gasteiger partial charge >= 0.3 is 0 Å². The Hall–Kier alpha value is -0.610. The quantitative estimate of drug-likeness (QED) is 0.634. The Kier molecular flexibility index (Phi) is 2.16. The lowest BCUT2D eigenvalue weighted by Gasteiger charge is -2.35. The monoisotopic (exact) mass is 186 g/mol. The molecule has 1 aliphatic rings. The molecule has 1 atom stereocenters. The van der Waals surface area contributed by atoms with Gasteiger partial charge < -0.3 is 10.9 Å². The highest BCUT2D eigenvalue weighted by Gasteiger charge is 2.53. The summed E-state index contributed by atoms with van der Waals surface area (Å²) in [6.07, 6.45) is 0.603. The van der Waals surface area contributed by atoms with Gasteiger partial charge in [-0.3, -0.25) is 4.79 Å². The lowest BCUT2D eigenvalue weighted by molar-refractivity contribution is -0.197. The Morgan fingerprint density at radius 1 is 1.46 bits per heavy atom. The topological polar surface area (TPSA) is 66.6 Å². The van der Waals surface area contributed by atoms with Crippen molar-refractivity contribution in [1.82, 2.24) is 5.06 Å². The van der Waals surface area contributed by atoms with Crippen LogP contribution in [0.3, 0.4) is 0 Å². The van der Waals surface area contributed by atoms with Crippen molar-refractivity contribution < 1.29 is 10.0 Å². The van der Waals surface area contributed by atoms with Crippen LogP contribution in [0.4, 0.5) is 0 Å². The van der Waals surface area contributed by atoms with Crippen molar-refractivity contribution in [1.29, 1.82) is 0 Å². The molecule has 0 aliphatic carbocycles. The third kappa shape index (κ3) is 1.44. The lowest BCUT2D eigenvalue weighted by atomic mass is 9.86. The molecule has 1 unspecified atom stereocenters. The minimum atomic E-state index is -0.560. The minimum absolute atomic E-state index is 0.285. The molecule has 0 radical (unpaired) electrons. The zero-order chi connectivity index (χ0) is 10.4. The molecule has 76 valence electrons. The summed E-state index contributed by atoms with van der Waals surface area (Å²) in [6.45, 7) is 7.46. The summed E-state index contributed by atoms with van der Waals surface area (Å²) < 4.78 is 0. The highest BCUT2D eigenvalue weighted by atomic mass is 16.5. The Morgan fingerprint density at radius 3 is 2.08 bits per heavy atom. The van der Waals surface area contributed by atoms with Crippen LogP contribution in [0, 0.1) is 5.92 Å². The highest BCUT2D eigenvalue weighted by molar-refractivity contribution is 5.78. The first-order valence-electron chi connectivity index (χ1n) is 4.48. The van der Waals surface area contributed by atoms with Gasteiger partial charge in [-0.05, 0) is 34.1 Å². The first kappa shape index (κ1) is 10.5. The van der Waals surface area contributed by atoms with Crippen LogP contribution >= 0.6 is 0 Å². The molecule has 0 aromatic heterocycles. The van der Waals surface area contributed by atoms with E-state index >= 15 is 0 Å². The average Bonchev–Trinajstić information content (AvgIpc) is 2.11. The third-order valence-electron chi connectivity index (χ3n) is 3.02. The smallest absolute Gasteiger partial charge is 0.222 e. The van der Waals surface area contributed by atoms with E-state index in [9.17, 15) is 10.0 Å². The van der Waals surface area contributed by atoms with E-state index in [0.29, 0.717) is 6.42 Å². The average molecular weight is 186 g/mol. The second kappa shape index (κ2) is 2.69. The van der Waals surface area contributed by atoms with E-state index < -0.39 is 5.54 Å². The van der Waals surface area contributed by atoms with Crippen LogP contribution in [0.2, 0.25) is 0 Å². The number of hydroxylamine groups is 2. The molecule has 1 fully saturated rings. The molecular weight excluding hydrogens is 168 g/mol. The summed E-state index contributed by atoms with van der Waals surface area (Å²) in [5.41, 5.74) is 4.35. The second-order valence-corrected chi connectivity index (χ2v) is 4.94. The molecule has 4 nitrogen and oxygen atoms in total. The normalized spacial score (nSPS) is 31.9. The molecule has 1 rings (SSSR count). The molecule has 0 aromatic carbocycles. The fourth-order valence-electron chi connectivity index (χ4n) is 2.21. The standard InChI is InChI=1S/C9H18N2O2/c1-8(2)5-6(7(10)12)9(3,4)11(8)13/h6,13H,5H2,1-4H3,(H2,10,12).